The Hall–Kier alpha value is -3.56. The topological polar surface area (TPSA) is 97.8 Å². The van der Waals surface area contributed by atoms with Gasteiger partial charge in [0.2, 0.25) is 5.91 Å². The van der Waals surface area contributed by atoms with Crippen LogP contribution in [0.5, 0.6) is 5.75 Å². The Morgan fingerprint density at radius 2 is 1.81 bits per heavy atom. The maximum Gasteiger partial charge on any atom is 0.255 e. The van der Waals surface area contributed by atoms with E-state index in [1.807, 2.05) is 68.7 Å². The molecule has 1 aromatic heterocycles. The first kappa shape index (κ1) is 35.7. The Labute approximate surface area is 289 Å². The number of fused-ring (bicyclic) bond motifs is 1. The Kier molecular flexibility index (Phi) is 12.8. The second-order valence-corrected chi connectivity index (χ2v) is 14.4. The van der Waals surface area contributed by atoms with Gasteiger partial charge in [-0.25, -0.2) is 4.98 Å². The Morgan fingerprint density at radius 3 is 2.56 bits per heavy atom. The molecule has 258 valence electrons. The van der Waals surface area contributed by atoms with E-state index in [-0.39, 0.29) is 23.5 Å². The fourth-order valence-corrected chi connectivity index (χ4v) is 7.97. The smallest absolute Gasteiger partial charge is 0.255 e. The van der Waals surface area contributed by atoms with E-state index in [0.29, 0.717) is 50.5 Å². The lowest BCUT2D eigenvalue weighted by atomic mass is 9.83. The van der Waals surface area contributed by atoms with E-state index in [0.717, 1.165) is 46.7 Å². The van der Waals surface area contributed by atoms with Crippen molar-refractivity contribution >= 4 is 28.9 Å². The van der Waals surface area contributed by atoms with Crippen LogP contribution >= 0.6 is 11.3 Å². The highest BCUT2D eigenvalue weighted by Crippen LogP contribution is 2.38. The van der Waals surface area contributed by atoms with E-state index in [1.165, 1.54) is 25.7 Å². The third-order valence-electron chi connectivity index (χ3n) is 9.73. The maximum absolute atomic E-state index is 14.1. The molecule has 0 radical (unpaired) electrons. The average Bonchev–Trinajstić information content (AvgIpc) is 3.82. The van der Waals surface area contributed by atoms with Gasteiger partial charge in [-0.05, 0) is 55.4 Å². The highest BCUT2D eigenvalue weighted by atomic mass is 32.1. The molecule has 2 aliphatic rings. The molecule has 8 nitrogen and oxygen atoms in total. The van der Waals surface area contributed by atoms with Crippen molar-refractivity contribution in [1.29, 1.82) is 0 Å². The predicted octanol–water partition coefficient (Wildman–Crippen LogP) is 7.77. The average molecular weight is 674 g/mol. The fraction of sp³-hybridized carbons (Fsp3) is 0.538. The van der Waals surface area contributed by atoms with Gasteiger partial charge in [0.25, 0.3) is 5.91 Å². The summed E-state index contributed by atoms with van der Waals surface area (Å²) in [6, 6.07) is 13.1. The van der Waals surface area contributed by atoms with Gasteiger partial charge in [0.05, 0.1) is 28.7 Å². The van der Waals surface area contributed by atoms with Crippen LogP contribution in [0.3, 0.4) is 0 Å². The zero-order valence-electron chi connectivity index (χ0n) is 29.0. The number of unbranched alkanes of at least 4 members (excludes halogenated alkanes) is 4. The maximum atomic E-state index is 14.1. The van der Waals surface area contributed by atoms with E-state index in [2.05, 4.69) is 17.2 Å². The SMILES string of the molecule is CCCCCCCOCCOc1cc(-c2scnc2C)ccc1CNC(=O)C1CCCC1C(=O)C(C(C)C)N1Cc2ccccc2C1=O. The van der Waals surface area contributed by atoms with Crippen LogP contribution in [0.2, 0.25) is 0 Å². The van der Waals surface area contributed by atoms with Crippen molar-refractivity contribution in [3.8, 4) is 16.2 Å². The Morgan fingerprint density at radius 1 is 1.02 bits per heavy atom. The van der Waals surface area contributed by atoms with Crippen molar-refractivity contribution in [2.75, 3.05) is 19.8 Å². The van der Waals surface area contributed by atoms with Crippen LogP contribution in [0.15, 0.2) is 48.0 Å². The molecule has 9 heteroatoms. The van der Waals surface area contributed by atoms with Crippen LogP contribution in [0.4, 0.5) is 0 Å². The number of Topliss-reactive ketones (excluding diaryl/α,β-unsaturated/α-hetero) is 1. The lowest BCUT2D eigenvalue weighted by molar-refractivity contribution is -0.136. The van der Waals surface area contributed by atoms with Crippen LogP contribution < -0.4 is 10.1 Å². The Bertz CT molecular complexity index is 1550. The molecule has 5 rings (SSSR count). The van der Waals surface area contributed by atoms with Crippen molar-refractivity contribution in [3.05, 3.63) is 70.4 Å². The summed E-state index contributed by atoms with van der Waals surface area (Å²) in [6.45, 7) is 10.5. The molecule has 3 aromatic rings. The van der Waals surface area contributed by atoms with Gasteiger partial charge in [0, 0.05) is 42.7 Å². The van der Waals surface area contributed by atoms with Crippen molar-refractivity contribution < 1.29 is 23.9 Å². The molecule has 3 atom stereocenters. The minimum atomic E-state index is -0.565. The zero-order valence-corrected chi connectivity index (χ0v) is 29.8. The number of hydrogen-bond donors (Lipinski definition) is 1. The number of aryl methyl sites for hydroxylation is 1. The highest BCUT2D eigenvalue weighted by molar-refractivity contribution is 7.13. The molecule has 1 fully saturated rings. The lowest BCUT2D eigenvalue weighted by Crippen LogP contribution is -2.49. The molecule has 1 aliphatic heterocycles. The molecule has 0 saturated heterocycles. The molecule has 1 aliphatic carbocycles. The van der Waals surface area contributed by atoms with E-state index in [1.54, 1.807) is 16.2 Å². The molecule has 0 bridgehead atoms. The fourth-order valence-electron chi connectivity index (χ4n) is 7.17. The van der Waals surface area contributed by atoms with Gasteiger partial charge in [-0.15, -0.1) is 11.3 Å². The second-order valence-electron chi connectivity index (χ2n) is 13.5. The van der Waals surface area contributed by atoms with E-state index in [9.17, 15) is 14.4 Å². The van der Waals surface area contributed by atoms with Gasteiger partial charge < -0.3 is 19.7 Å². The summed E-state index contributed by atoms with van der Waals surface area (Å²) in [5.74, 6) is -0.415. The first-order chi connectivity index (χ1) is 23.3. The van der Waals surface area contributed by atoms with E-state index >= 15 is 0 Å². The summed E-state index contributed by atoms with van der Waals surface area (Å²) >= 11 is 1.59. The molecule has 1 saturated carbocycles. The summed E-state index contributed by atoms with van der Waals surface area (Å²) in [5.41, 5.74) is 6.32. The predicted molar refractivity (Wildman–Crippen MR) is 190 cm³/mol. The van der Waals surface area contributed by atoms with Crippen LogP contribution in [-0.2, 0) is 27.4 Å². The molecular formula is C39H51N3O5S. The molecular weight excluding hydrogens is 623 g/mol. The van der Waals surface area contributed by atoms with Gasteiger partial charge in [0.15, 0.2) is 5.78 Å². The van der Waals surface area contributed by atoms with Gasteiger partial charge >= 0.3 is 0 Å². The van der Waals surface area contributed by atoms with Crippen molar-refractivity contribution in [3.63, 3.8) is 0 Å². The minimum Gasteiger partial charge on any atom is -0.491 e. The van der Waals surface area contributed by atoms with Crippen LogP contribution in [0, 0.1) is 24.7 Å². The first-order valence-electron chi connectivity index (χ1n) is 17.7. The third kappa shape index (κ3) is 8.53. The summed E-state index contributed by atoms with van der Waals surface area (Å²) in [4.78, 5) is 48.4. The number of carbonyl (C=O) groups excluding carboxylic acids is 3. The van der Waals surface area contributed by atoms with Gasteiger partial charge in [-0.3, -0.25) is 14.4 Å². The number of nitrogens with one attached hydrogen (secondary N) is 1. The first-order valence-corrected chi connectivity index (χ1v) is 18.6. The van der Waals surface area contributed by atoms with Gasteiger partial charge in [0.1, 0.15) is 12.4 Å². The molecule has 2 amide bonds. The molecule has 3 unspecified atom stereocenters. The van der Waals surface area contributed by atoms with Crippen LogP contribution in [-0.4, -0.2) is 53.3 Å². The number of hydrogen-bond acceptors (Lipinski definition) is 7. The number of carbonyl (C=O) groups is 3. The second kappa shape index (κ2) is 17.2. The standard InChI is InChI=1S/C39H51N3O5S/c1-5-6-7-8-11-19-46-20-21-47-34-22-28(37-27(4)41-25-48-37)17-18-29(34)23-40-38(44)33-16-12-15-32(33)36(43)35(26(2)3)42-24-30-13-9-10-14-31(30)39(42)45/h9-10,13-14,17-18,22,25-26,32-33,35H,5-8,11-12,15-16,19-21,23-24H2,1-4H3,(H,40,44). The molecule has 2 aromatic carbocycles. The molecule has 48 heavy (non-hydrogen) atoms. The summed E-state index contributed by atoms with van der Waals surface area (Å²) < 4.78 is 12.1. The lowest BCUT2D eigenvalue weighted by Gasteiger charge is -2.33. The van der Waals surface area contributed by atoms with Crippen molar-refractivity contribution in [2.45, 2.75) is 98.2 Å². The normalized spacial score (nSPS) is 17.9. The monoisotopic (exact) mass is 673 g/mol. The van der Waals surface area contributed by atoms with Gasteiger partial charge in [-0.2, -0.15) is 0 Å². The number of thiazole rings is 1. The van der Waals surface area contributed by atoms with E-state index < -0.39 is 17.9 Å². The summed E-state index contributed by atoms with van der Waals surface area (Å²) in [7, 11) is 0. The zero-order chi connectivity index (χ0) is 34.0. The third-order valence-corrected chi connectivity index (χ3v) is 10.7. The summed E-state index contributed by atoms with van der Waals surface area (Å²) in [5, 5.41) is 3.13. The number of rotatable bonds is 18. The highest BCUT2D eigenvalue weighted by Gasteiger charge is 2.45. The number of nitrogens with zero attached hydrogens (tertiary/aromatic N) is 2. The molecule has 2 heterocycles. The van der Waals surface area contributed by atoms with Crippen LogP contribution in [0.1, 0.15) is 99.3 Å². The van der Waals surface area contributed by atoms with E-state index in [4.69, 9.17) is 9.47 Å². The summed E-state index contributed by atoms with van der Waals surface area (Å²) in [6.07, 6.45) is 8.11. The van der Waals surface area contributed by atoms with Crippen LogP contribution in [0.25, 0.3) is 10.4 Å². The van der Waals surface area contributed by atoms with Crippen molar-refractivity contribution in [1.82, 2.24) is 15.2 Å². The number of amides is 2. The number of ether oxygens (including phenoxy) is 2. The molecule has 0 spiro atoms. The Balaban J connectivity index is 1.22. The largest absolute Gasteiger partial charge is 0.491 e. The molecule has 1 N–H and O–H groups in total. The quantitative estimate of drug-likeness (QED) is 0.139. The van der Waals surface area contributed by atoms with Crippen molar-refractivity contribution in [2.24, 2.45) is 17.8 Å². The minimum absolute atomic E-state index is 0.00229. The number of aromatic nitrogens is 1. The van der Waals surface area contributed by atoms with Gasteiger partial charge in [-0.1, -0.05) is 83.2 Å². The number of ketones is 1. The number of benzene rings is 2.